The molecule has 0 radical (unpaired) electrons. The Morgan fingerprint density at radius 2 is 1.78 bits per heavy atom. The molecule has 2 aromatic carbocycles. The Hall–Kier alpha value is -3.61. The van der Waals surface area contributed by atoms with Crippen LogP contribution in [0, 0.1) is 20.8 Å². The standard InChI is InChI=1S/C29H39N5O2/c1-9-34-21(4)24(20(3)33-34)16-17-30-28(31-25-18-19(2)10-15-26(25)36-8)32-27(35)22-11-13-23(14-12-22)29(5,6)7/h10-15,18H,9,16-17H2,1-8H3,(H2,30,31,32,35). The molecule has 0 saturated carbocycles. The minimum Gasteiger partial charge on any atom is -0.495 e. The van der Waals surface area contributed by atoms with Crippen molar-refractivity contribution >= 4 is 17.6 Å². The first-order chi connectivity index (χ1) is 17.0. The van der Waals surface area contributed by atoms with Crippen LogP contribution in [0.15, 0.2) is 47.5 Å². The molecule has 0 fully saturated rings. The lowest BCUT2D eigenvalue weighted by atomic mass is 9.87. The average molecular weight is 490 g/mol. The van der Waals surface area contributed by atoms with Crippen molar-refractivity contribution < 1.29 is 9.53 Å². The Kier molecular flexibility index (Phi) is 8.56. The molecule has 0 aliphatic heterocycles. The third-order valence-corrected chi connectivity index (χ3v) is 6.32. The number of rotatable bonds is 7. The number of amides is 1. The van der Waals surface area contributed by atoms with Crippen LogP contribution in [-0.2, 0) is 18.4 Å². The molecule has 0 bridgehead atoms. The first-order valence-electron chi connectivity index (χ1n) is 12.4. The van der Waals surface area contributed by atoms with Crippen molar-refractivity contribution in [1.29, 1.82) is 0 Å². The molecule has 3 aromatic rings. The quantitative estimate of drug-likeness (QED) is 0.336. The number of methoxy groups -OCH3 is 1. The molecule has 0 atom stereocenters. The summed E-state index contributed by atoms with van der Waals surface area (Å²) in [5, 5.41) is 10.9. The second-order valence-electron chi connectivity index (χ2n) is 10.1. The van der Waals surface area contributed by atoms with Crippen LogP contribution in [0.5, 0.6) is 5.75 Å². The third kappa shape index (κ3) is 6.53. The summed E-state index contributed by atoms with van der Waals surface area (Å²) in [7, 11) is 1.62. The summed E-state index contributed by atoms with van der Waals surface area (Å²) in [5.41, 5.74) is 6.94. The van der Waals surface area contributed by atoms with E-state index in [0.29, 0.717) is 23.8 Å². The maximum atomic E-state index is 13.1. The molecule has 192 valence electrons. The fourth-order valence-corrected chi connectivity index (χ4v) is 4.14. The van der Waals surface area contributed by atoms with Crippen molar-refractivity contribution in [2.45, 2.75) is 66.8 Å². The third-order valence-electron chi connectivity index (χ3n) is 6.32. The number of benzene rings is 2. The Morgan fingerprint density at radius 1 is 1.08 bits per heavy atom. The molecule has 0 unspecified atom stereocenters. The van der Waals surface area contributed by atoms with Gasteiger partial charge in [-0.2, -0.15) is 5.10 Å². The number of anilines is 1. The van der Waals surface area contributed by atoms with E-state index in [4.69, 9.17) is 9.73 Å². The van der Waals surface area contributed by atoms with E-state index in [2.05, 4.69) is 50.4 Å². The first-order valence-corrected chi connectivity index (χ1v) is 12.4. The first kappa shape index (κ1) is 27.0. The van der Waals surface area contributed by atoms with E-state index in [1.807, 2.05) is 61.0 Å². The highest BCUT2D eigenvalue weighted by Gasteiger charge is 2.16. The molecule has 1 heterocycles. The highest BCUT2D eigenvalue weighted by atomic mass is 16.5. The van der Waals surface area contributed by atoms with Gasteiger partial charge < -0.3 is 10.1 Å². The fraction of sp³-hybridized carbons (Fsp3) is 0.414. The van der Waals surface area contributed by atoms with Crippen molar-refractivity contribution in [2.75, 3.05) is 19.0 Å². The van der Waals surface area contributed by atoms with Crippen molar-refractivity contribution in [3.8, 4) is 5.75 Å². The Bertz CT molecular complexity index is 1230. The molecule has 36 heavy (non-hydrogen) atoms. The second kappa shape index (κ2) is 11.4. The van der Waals surface area contributed by atoms with Crippen LogP contribution in [0.2, 0.25) is 0 Å². The molecule has 1 aromatic heterocycles. The zero-order chi connectivity index (χ0) is 26.5. The summed E-state index contributed by atoms with van der Waals surface area (Å²) in [6.07, 6.45) is 0.726. The number of aryl methyl sites for hydroxylation is 3. The smallest absolute Gasteiger partial charge is 0.257 e. The van der Waals surface area contributed by atoms with Gasteiger partial charge in [-0.25, -0.2) is 0 Å². The SMILES string of the molecule is CCn1nc(C)c(CCN=C(NC(=O)c2ccc(C(C)(C)C)cc2)Nc2cc(C)ccc2OC)c1C. The average Bonchev–Trinajstić information content (AvgIpc) is 3.11. The van der Waals surface area contributed by atoms with Crippen molar-refractivity contribution in [2.24, 2.45) is 4.99 Å². The Balaban J connectivity index is 1.85. The monoisotopic (exact) mass is 489 g/mol. The van der Waals surface area contributed by atoms with E-state index in [0.717, 1.165) is 35.6 Å². The predicted octanol–water partition coefficient (Wildman–Crippen LogP) is 5.57. The number of ether oxygens (including phenoxy) is 1. The topological polar surface area (TPSA) is 80.5 Å². The molecule has 1 amide bonds. The summed E-state index contributed by atoms with van der Waals surface area (Å²) in [6.45, 7) is 16.0. The van der Waals surface area contributed by atoms with Gasteiger partial charge in [-0.1, -0.05) is 39.0 Å². The van der Waals surface area contributed by atoms with Crippen molar-refractivity contribution in [1.82, 2.24) is 15.1 Å². The van der Waals surface area contributed by atoms with E-state index in [1.54, 1.807) is 7.11 Å². The Morgan fingerprint density at radius 3 is 2.36 bits per heavy atom. The molecule has 0 spiro atoms. The highest BCUT2D eigenvalue weighted by molar-refractivity contribution is 6.10. The molecular formula is C29H39N5O2. The van der Waals surface area contributed by atoms with Crippen molar-refractivity contribution in [3.05, 3.63) is 76.1 Å². The van der Waals surface area contributed by atoms with E-state index in [1.165, 1.54) is 11.1 Å². The van der Waals surface area contributed by atoms with Gasteiger partial charge >= 0.3 is 0 Å². The number of carbonyl (C=O) groups excluding carboxylic acids is 1. The van der Waals surface area contributed by atoms with Gasteiger partial charge in [0.25, 0.3) is 5.91 Å². The molecule has 7 nitrogen and oxygen atoms in total. The minimum absolute atomic E-state index is 0.0206. The van der Waals surface area contributed by atoms with Crippen LogP contribution in [0.25, 0.3) is 0 Å². The number of aliphatic imine (C=N–C) groups is 1. The van der Waals surface area contributed by atoms with Crippen LogP contribution >= 0.6 is 0 Å². The zero-order valence-electron chi connectivity index (χ0n) is 22.8. The van der Waals surface area contributed by atoms with Crippen LogP contribution in [0.4, 0.5) is 5.69 Å². The number of aromatic nitrogens is 2. The minimum atomic E-state index is -0.223. The van der Waals surface area contributed by atoms with Gasteiger partial charge in [0.2, 0.25) is 5.96 Å². The van der Waals surface area contributed by atoms with Crippen LogP contribution in [-0.4, -0.2) is 35.3 Å². The van der Waals surface area contributed by atoms with Gasteiger partial charge in [0.1, 0.15) is 5.75 Å². The summed E-state index contributed by atoms with van der Waals surface area (Å²) in [4.78, 5) is 17.9. The molecule has 2 N–H and O–H groups in total. The Labute approximate surface area is 215 Å². The molecule has 0 aliphatic carbocycles. The van der Waals surface area contributed by atoms with Crippen LogP contribution in [0.3, 0.4) is 0 Å². The lowest BCUT2D eigenvalue weighted by Crippen LogP contribution is -2.36. The number of hydrogen-bond donors (Lipinski definition) is 2. The number of nitrogens with one attached hydrogen (secondary N) is 2. The lowest BCUT2D eigenvalue weighted by Gasteiger charge is -2.19. The van der Waals surface area contributed by atoms with Gasteiger partial charge in [-0.15, -0.1) is 0 Å². The molecule has 7 heteroatoms. The molecule has 3 rings (SSSR count). The summed E-state index contributed by atoms with van der Waals surface area (Å²) in [5.74, 6) is 0.828. The molecular weight excluding hydrogens is 450 g/mol. The summed E-state index contributed by atoms with van der Waals surface area (Å²) in [6, 6.07) is 13.6. The number of carbonyl (C=O) groups is 1. The zero-order valence-corrected chi connectivity index (χ0v) is 22.8. The van der Waals surface area contributed by atoms with E-state index in [9.17, 15) is 4.79 Å². The van der Waals surface area contributed by atoms with Gasteiger partial charge in [0.05, 0.1) is 18.5 Å². The van der Waals surface area contributed by atoms with Crippen LogP contribution in [0.1, 0.15) is 66.1 Å². The maximum Gasteiger partial charge on any atom is 0.257 e. The second-order valence-corrected chi connectivity index (χ2v) is 10.1. The number of guanidine groups is 1. The van der Waals surface area contributed by atoms with E-state index >= 15 is 0 Å². The summed E-state index contributed by atoms with van der Waals surface area (Å²) < 4.78 is 7.52. The molecule has 0 saturated heterocycles. The maximum absolute atomic E-state index is 13.1. The predicted molar refractivity (Wildman–Crippen MR) is 147 cm³/mol. The van der Waals surface area contributed by atoms with Gasteiger partial charge in [0, 0.05) is 24.3 Å². The van der Waals surface area contributed by atoms with Gasteiger partial charge in [-0.3, -0.25) is 19.8 Å². The summed E-state index contributed by atoms with van der Waals surface area (Å²) >= 11 is 0. The highest BCUT2D eigenvalue weighted by Crippen LogP contribution is 2.25. The van der Waals surface area contributed by atoms with Crippen LogP contribution < -0.4 is 15.4 Å². The van der Waals surface area contributed by atoms with Gasteiger partial charge in [-0.05, 0) is 80.5 Å². The van der Waals surface area contributed by atoms with E-state index in [-0.39, 0.29) is 11.3 Å². The molecule has 0 aliphatic rings. The largest absolute Gasteiger partial charge is 0.495 e. The van der Waals surface area contributed by atoms with Gasteiger partial charge in [0.15, 0.2) is 0 Å². The van der Waals surface area contributed by atoms with Crippen molar-refractivity contribution in [3.63, 3.8) is 0 Å². The van der Waals surface area contributed by atoms with E-state index < -0.39 is 0 Å². The lowest BCUT2D eigenvalue weighted by molar-refractivity contribution is 0.0977. The number of nitrogens with zero attached hydrogens (tertiary/aromatic N) is 3. The number of hydrogen-bond acceptors (Lipinski definition) is 4. The normalized spacial score (nSPS) is 11.9. The fourth-order valence-electron chi connectivity index (χ4n) is 4.14.